The maximum absolute atomic E-state index is 12.5. The van der Waals surface area contributed by atoms with Crippen LogP contribution in [0, 0.1) is 0 Å². The second-order valence-electron chi connectivity index (χ2n) is 6.02. The van der Waals surface area contributed by atoms with E-state index in [0.717, 1.165) is 43.3 Å². The molecule has 0 saturated carbocycles. The Bertz CT molecular complexity index is 724. The first-order valence-corrected chi connectivity index (χ1v) is 8.26. The molecular formula is C19H20N2O3. The second kappa shape index (κ2) is 6.53. The third-order valence-electron chi connectivity index (χ3n) is 4.51. The third-order valence-corrected chi connectivity index (χ3v) is 4.51. The molecular weight excluding hydrogens is 304 g/mol. The zero-order valence-corrected chi connectivity index (χ0v) is 13.4. The number of hydrogen-bond donors (Lipinski definition) is 1. The fourth-order valence-corrected chi connectivity index (χ4v) is 3.17. The van der Waals surface area contributed by atoms with E-state index >= 15 is 0 Å². The van der Waals surface area contributed by atoms with Crippen LogP contribution in [0.15, 0.2) is 48.5 Å². The zero-order chi connectivity index (χ0) is 16.4. The van der Waals surface area contributed by atoms with Gasteiger partial charge in [0, 0.05) is 29.9 Å². The van der Waals surface area contributed by atoms with Crippen molar-refractivity contribution in [1.29, 1.82) is 0 Å². The van der Waals surface area contributed by atoms with Crippen LogP contribution in [0.3, 0.4) is 0 Å². The summed E-state index contributed by atoms with van der Waals surface area (Å²) in [6, 6.07) is 15.5. The standard InChI is InChI=1S/C19H20N2O3/c22-19(20-17-13-24-18-4-2-1-3-16(17)18)14-5-7-15(8-6-14)21-9-11-23-12-10-21/h1-8,17H,9-13H2,(H,20,22)/t17-/m0/s1. The molecule has 2 aromatic carbocycles. The van der Waals surface area contributed by atoms with E-state index in [4.69, 9.17) is 9.47 Å². The van der Waals surface area contributed by atoms with E-state index in [2.05, 4.69) is 10.2 Å². The molecule has 0 aliphatic carbocycles. The van der Waals surface area contributed by atoms with Gasteiger partial charge < -0.3 is 19.7 Å². The predicted molar refractivity (Wildman–Crippen MR) is 91.6 cm³/mol. The van der Waals surface area contributed by atoms with Gasteiger partial charge >= 0.3 is 0 Å². The summed E-state index contributed by atoms with van der Waals surface area (Å²) in [6.45, 7) is 3.77. The van der Waals surface area contributed by atoms with Crippen molar-refractivity contribution in [3.63, 3.8) is 0 Å². The summed E-state index contributed by atoms with van der Waals surface area (Å²) < 4.78 is 11.0. The number of benzene rings is 2. The van der Waals surface area contributed by atoms with Crippen LogP contribution in [0.1, 0.15) is 22.0 Å². The fraction of sp³-hybridized carbons (Fsp3) is 0.316. The Labute approximate surface area is 141 Å². The molecule has 0 unspecified atom stereocenters. The van der Waals surface area contributed by atoms with E-state index in [1.807, 2.05) is 48.5 Å². The number of nitrogens with zero attached hydrogens (tertiary/aromatic N) is 1. The van der Waals surface area contributed by atoms with Crippen molar-refractivity contribution in [2.75, 3.05) is 37.8 Å². The molecule has 124 valence electrons. The van der Waals surface area contributed by atoms with Gasteiger partial charge in [-0.05, 0) is 30.3 Å². The quantitative estimate of drug-likeness (QED) is 0.942. The van der Waals surface area contributed by atoms with Gasteiger partial charge in [0.2, 0.25) is 0 Å². The Morgan fingerprint density at radius 3 is 2.58 bits per heavy atom. The summed E-state index contributed by atoms with van der Waals surface area (Å²) in [4.78, 5) is 14.8. The molecule has 2 aliphatic rings. The first kappa shape index (κ1) is 15.0. The molecule has 1 fully saturated rings. The van der Waals surface area contributed by atoms with Crippen molar-refractivity contribution in [2.45, 2.75) is 6.04 Å². The number of fused-ring (bicyclic) bond motifs is 1. The van der Waals surface area contributed by atoms with Crippen LogP contribution in [0.25, 0.3) is 0 Å². The van der Waals surface area contributed by atoms with Crippen LogP contribution in [0.4, 0.5) is 5.69 Å². The van der Waals surface area contributed by atoms with Crippen molar-refractivity contribution < 1.29 is 14.3 Å². The van der Waals surface area contributed by atoms with Gasteiger partial charge in [0.05, 0.1) is 19.3 Å². The number of ether oxygens (including phenoxy) is 2. The van der Waals surface area contributed by atoms with Gasteiger partial charge in [-0.1, -0.05) is 18.2 Å². The van der Waals surface area contributed by atoms with Crippen molar-refractivity contribution >= 4 is 11.6 Å². The summed E-state index contributed by atoms with van der Waals surface area (Å²) in [5.74, 6) is 0.777. The molecule has 24 heavy (non-hydrogen) atoms. The first-order valence-electron chi connectivity index (χ1n) is 8.26. The van der Waals surface area contributed by atoms with Gasteiger partial charge in [0.1, 0.15) is 12.4 Å². The van der Waals surface area contributed by atoms with Crippen molar-refractivity contribution in [3.05, 3.63) is 59.7 Å². The molecule has 5 nitrogen and oxygen atoms in total. The molecule has 1 amide bonds. The molecule has 1 saturated heterocycles. The number of anilines is 1. The van der Waals surface area contributed by atoms with Crippen molar-refractivity contribution in [2.24, 2.45) is 0 Å². The van der Waals surface area contributed by atoms with E-state index in [1.165, 1.54) is 0 Å². The highest BCUT2D eigenvalue weighted by Gasteiger charge is 2.25. The molecule has 0 radical (unpaired) electrons. The van der Waals surface area contributed by atoms with Gasteiger partial charge in [-0.3, -0.25) is 4.79 Å². The van der Waals surface area contributed by atoms with Gasteiger partial charge in [0.25, 0.3) is 5.91 Å². The van der Waals surface area contributed by atoms with Crippen LogP contribution >= 0.6 is 0 Å². The SMILES string of the molecule is O=C(N[C@H]1COc2ccccc21)c1ccc(N2CCOCC2)cc1. The summed E-state index contributed by atoms with van der Waals surface area (Å²) in [6.07, 6.45) is 0. The van der Waals surface area contributed by atoms with Crippen LogP contribution in [-0.4, -0.2) is 38.8 Å². The lowest BCUT2D eigenvalue weighted by atomic mass is 10.1. The Kier molecular flexibility index (Phi) is 4.09. The van der Waals surface area contributed by atoms with E-state index in [-0.39, 0.29) is 11.9 Å². The van der Waals surface area contributed by atoms with E-state index in [9.17, 15) is 4.79 Å². The van der Waals surface area contributed by atoms with E-state index in [1.54, 1.807) is 0 Å². The Balaban J connectivity index is 1.43. The van der Waals surface area contributed by atoms with Gasteiger partial charge in [-0.25, -0.2) is 0 Å². The Hall–Kier alpha value is -2.53. The smallest absolute Gasteiger partial charge is 0.251 e. The number of morpholine rings is 1. The van der Waals surface area contributed by atoms with Crippen LogP contribution in [0.5, 0.6) is 5.75 Å². The first-order chi connectivity index (χ1) is 11.8. The Morgan fingerprint density at radius 1 is 1.04 bits per heavy atom. The van der Waals surface area contributed by atoms with Crippen molar-refractivity contribution in [3.8, 4) is 5.75 Å². The highest BCUT2D eigenvalue weighted by Crippen LogP contribution is 2.31. The van der Waals surface area contributed by atoms with Gasteiger partial charge in [-0.15, -0.1) is 0 Å². The van der Waals surface area contributed by atoms with Crippen LogP contribution in [-0.2, 0) is 4.74 Å². The largest absolute Gasteiger partial charge is 0.491 e. The molecule has 2 aromatic rings. The lowest BCUT2D eigenvalue weighted by molar-refractivity contribution is 0.0930. The molecule has 0 bridgehead atoms. The molecule has 0 spiro atoms. The van der Waals surface area contributed by atoms with Gasteiger partial charge in [-0.2, -0.15) is 0 Å². The molecule has 1 N–H and O–H groups in total. The predicted octanol–water partition coefficient (Wildman–Crippen LogP) is 2.39. The van der Waals surface area contributed by atoms with E-state index < -0.39 is 0 Å². The topological polar surface area (TPSA) is 50.8 Å². The molecule has 0 aromatic heterocycles. The van der Waals surface area contributed by atoms with E-state index in [0.29, 0.717) is 12.2 Å². The lowest BCUT2D eigenvalue weighted by Gasteiger charge is -2.28. The number of rotatable bonds is 3. The second-order valence-corrected chi connectivity index (χ2v) is 6.02. The zero-order valence-electron chi connectivity index (χ0n) is 13.4. The molecule has 4 rings (SSSR count). The summed E-state index contributed by atoms with van der Waals surface area (Å²) in [5, 5.41) is 3.05. The Morgan fingerprint density at radius 2 is 1.79 bits per heavy atom. The summed E-state index contributed by atoms with van der Waals surface area (Å²) in [5.41, 5.74) is 2.83. The maximum Gasteiger partial charge on any atom is 0.251 e. The van der Waals surface area contributed by atoms with Crippen LogP contribution in [0.2, 0.25) is 0 Å². The monoisotopic (exact) mass is 324 g/mol. The summed E-state index contributed by atoms with van der Waals surface area (Å²) >= 11 is 0. The molecule has 1 atom stereocenters. The number of para-hydroxylation sites is 1. The average molecular weight is 324 g/mol. The number of amides is 1. The number of carbonyl (C=O) groups is 1. The summed E-state index contributed by atoms with van der Waals surface area (Å²) in [7, 11) is 0. The minimum atomic E-state index is -0.0902. The number of hydrogen-bond acceptors (Lipinski definition) is 4. The molecule has 2 heterocycles. The minimum absolute atomic E-state index is 0.0752. The third kappa shape index (κ3) is 2.95. The minimum Gasteiger partial charge on any atom is -0.491 e. The lowest BCUT2D eigenvalue weighted by Crippen LogP contribution is -2.36. The highest BCUT2D eigenvalue weighted by molar-refractivity contribution is 5.94. The molecule has 5 heteroatoms. The number of carbonyl (C=O) groups excluding carboxylic acids is 1. The molecule has 2 aliphatic heterocycles. The van der Waals surface area contributed by atoms with Crippen molar-refractivity contribution in [1.82, 2.24) is 5.32 Å². The van der Waals surface area contributed by atoms with Gasteiger partial charge in [0.15, 0.2) is 0 Å². The maximum atomic E-state index is 12.5. The highest BCUT2D eigenvalue weighted by atomic mass is 16.5. The average Bonchev–Trinajstić information content (AvgIpc) is 3.06. The fourth-order valence-electron chi connectivity index (χ4n) is 3.17. The normalized spacial score (nSPS) is 19.5. The van der Waals surface area contributed by atoms with Crippen LogP contribution < -0.4 is 15.0 Å². The number of nitrogens with one attached hydrogen (secondary N) is 1.